The lowest BCUT2D eigenvalue weighted by molar-refractivity contribution is -0.383. The summed E-state index contributed by atoms with van der Waals surface area (Å²) < 4.78 is 0. The zero-order chi connectivity index (χ0) is 16.4. The number of benzene rings is 2. The van der Waals surface area contributed by atoms with Crippen molar-refractivity contribution in [1.29, 1.82) is 0 Å². The standard InChI is InChI=1S/C16H12N4O3/c1-10-11-6-2-3-7-12(11)18-15(17-10)16(21)19-13-8-4-5-9-14(13)20(22)23/h2-9H,1H3,(H,19,21). The van der Waals surface area contributed by atoms with E-state index in [1.165, 1.54) is 18.2 Å². The minimum Gasteiger partial charge on any atom is -0.313 e. The normalized spacial score (nSPS) is 10.5. The van der Waals surface area contributed by atoms with Gasteiger partial charge in [0.15, 0.2) is 0 Å². The van der Waals surface area contributed by atoms with E-state index in [1.807, 2.05) is 18.2 Å². The van der Waals surface area contributed by atoms with Crippen molar-refractivity contribution in [1.82, 2.24) is 9.97 Å². The fourth-order valence-electron chi connectivity index (χ4n) is 2.25. The first-order chi connectivity index (χ1) is 11.1. The maximum Gasteiger partial charge on any atom is 0.293 e. The van der Waals surface area contributed by atoms with Crippen molar-refractivity contribution in [3.63, 3.8) is 0 Å². The van der Waals surface area contributed by atoms with E-state index in [-0.39, 0.29) is 17.2 Å². The van der Waals surface area contributed by atoms with Gasteiger partial charge in [-0.25, -0.2) is 9.97 Å². The van der Waals surface area contributed by atoms with Crippen LogP contribution >= 0.6 is 0 Å². The highest BCUT2D eigenvalue weighted by atomic mass is 16.6. The summed E-state index contributed by atoms with van der Waals surface area (Å²) in [6, 6.07) is 13.3. The van der Waals surface area contributed by atoms with Crippen LogP contribution in [-0.2, 0) is 0 Å². The maximum atomic E-state index is 12.3. The molecule has 1 aromatic heterocycles. The van der Waals surface area contributed by atoms with Crippen LogP contribution in [0, 0.1) is 17.0 Å². The Balaban J connectivity index is 1.97. The Hall–Kier alpha value is -3.35. The molecule has 114 valence electrons. The SMILES string of the molecule is Cc1nc(C(=O)Nc2ccccc2[N+](=O)[O-])nc2ccccc12. The number of fused-ring (bicyclic) bond motifs is 1. The predicted octanol–water partition coefficient (Wildman–Crippen LogP) is 3.10. The van der Waals surface area contributed by atoms with Gasteiger partial charge in [-0.1, -0.05) is 30.3 Å². The molecule has 0 bridgehead atoms. The number of aromatic nitrogens is 2. The Morgan fingerprint density at radius 3 is 2.57 bits per heavy atom. The topological polar surface area (TPSA) is 98.0 Å². The third kappa shape index (κ3) is 2.84. The summed E-state index contributed by atoms with van der Waals surface area (Å²) in [6.07, 6.45) is 0. The van der Waals surface area contributed by atoms with Crippen LogP contribution in [0.5, 0.6) is 0 Å². The van der Waals surface area contributed by atoms with E-state index in [0.29, 0.717) is 11.2 Å². The molecule has 0 fully saturated rings. The van der Waals surface area contributed by atoms with Gasteiger partial charge in [-0.05, 0) is 19.1 Å². The second kappa shape index (κ2) is 5.80. The molecule has 7 nitrogen and oxygen atoms in total. The van der Waals surface area contributed by atoms with Crippen LogP contribution in [0.25, 0.3) is 10.9 Å². The van der Waals surface area contributed by atoms with E-state index in [4.69, 9.17) is 0 Å². The molecule has 2 aromatic carbocycles. The molecule has 0 saturated carbocycles. The molecule has 1 N–H and O–H groups in total. The third-order valence-corrected chi connectivity index (χ3v) is 3.35. The molecular weight excluding hydrogens is 296 g/mol. The van der Waals surface area contributed by atoms with Crippen LogP contribution in [0.3, 0.4) is 0 Å². The fourth-order valence-corrected chi connectivity index (χ4v) is 2.25. The number of aryl methyl sites for hydroxylation is 1. The Bertz CT molecular complexity index is 924. The number of rotatable bonds is 3. The molecule has 0 aliphatic rings. The first-order valence-corrected chi connectivity index (χ1v) is 6.84. The van der Waals surface area contributed by atoms with Crippen LogP contribution in [0.4, 0.5) is 11.4 Å². The number of carbonyl (C=O) groups excluding carboxylic acids is 1. The summed E-state index contributed by atoms with van der Waals surface area (Å²) in [6.45, 7) is 1.78. The summed E-state index contributed by atoms with van der Waals surface area (Å²) in [5.41, 5.74) is 1.24. The number of nitro groups is 1. The molecule has 3 rings (SSSR count). The van der Waals surface area contributed by atoms with Crippen LogP contribution in [0.1, 0.15) is 16.3 Å². The zero-order valence-corrected chi connectivity index (χ0v) is 12.2. The molecule has 1 heterocycles. The zero-order valence-electron chi connectivity index (χ0n) is 12.2. The largest absolute Gasteiger partial charge is 0.313 e. The molecule has 0 aliphatic heterocycles. The lowest BCUT2D eigenvalue weighted by atomic mass is 10.2. The second-order valence-electron chi connectivity index (χ2n) is 4.88. The van der Waals surface area contributed by atoms with Gasteiger partial charge in [0.2, 0.25) is 5.82 Å². The van der Waals surface area contributed by atoms with Gasteiger partial charge < -0.3 is 5.32 Å². The van der Waals surface area contributed by atoms with Gasteiger partial charge in [0.25, 0.3) is 11.6 Å². The van der Waals surface area contributed by atoms with E-state index in [1.54, 1.807) is 19.1 Å². The van der Waals surface area contributed by atoms with Gasteiger partial charge in [0, 0.05) is 17.1 Å². The highest BCUT2D eigenvalue weighted by molar-refractivity contribution is 6.03. The van der Waals surface area contributed by atoms with Crippen molar-refractivity contribution in [2.24, 2.45) is 0 Å². The van der Waals surface area contributed by atoms with Crippen LogP contribution in [-0.4, -0.2) is 20.8 Å². The van der Waals surface area contributed by atoms with Gasteiger partial charge in [-0.2, -0.15) is 0 Å². The number of nitrogens with one attached hydrogen (secondary N) is 1. The monoisotopic (exact) mass is 308 g/mol. The van der Waals surface area contributed by atoms with Crippen molar-refractivity contribution < 1.29 is 9.72 Å². The van der Waals surface area contributed by atoms with E-state index in [2.05, 4.69) is 15.3 Å². The Morgan fingerprint density at radius 1 is 1.09 bits per heavy atom. The smallest absolute Gasteiger partial charge is 0.293 e. The molecule has 0 atom stereocenters. The molecule has 0 aliphatic carbocycles. The van der Waals surface area contributed by atoms with Crippen molar-refractivity contribution in [3.8, 4) is 0 Å². The number of amides is 1. The summed E-state index contributed by atoms with van der Waals surface area (Å²) in [5.74, 6) is -0.618. The quantitative estimate of drug-likeness (QED) is 0.592. The molecule has 0 spiro atoms. The fraction of sp³-hybridized carbons (Fsp3) is 0.0625. The van der Waals surface area contributed by atoms with Crippen molar-refractivity contribution in [2.45, 2.75) is 6.92 Å². The highest BCUT2D eigenvalue weighted by Gasteiger charge is 2.18. The Kier molecular flexibility index (Phi) is 3.68. The van der Waals surface area contributed by atoms with Crippen LogP contribution in [0.2, 0.25) is 0 Å². The molecule has 7 heteroatoms. The first kappa shape index (κ1) is 14.6. The Labute approximate surface area is 131 Å². The van der Waals surface area contributed by atoms with Gasteiger partial charge in [-0.3, -0.25) is 14.9 Å². The number of carbonyl (C=O) groups is 1. The lowest BCUT2D eigenvalue weighted by Gasteiger charge is -2.07. The summed E-state index contributed by atoms with van der Waals surface area (Å²) in [5, 5.41) is 14.3. The number of nitro benzene ring substituents is 1. The second-order valence-corrected chi connectivity index (χ2v) is 4.88. The van der Waals surface area contributed by atoms with E-state index < -0.39 is 10.8 Å². The average molecular weight is 308 g/mol. The predicted molar refractivity (Wildman–Crippen MR) is 85.3 cm³/mol. The van der Waals surface area contributed by atoms with Crippen molar-refractivity contribution in [3.05, 3.63) is 70.2 Å². The Morgan fingerprint density at radius 2 is 1.78 bits per heavy atom. The van der Waals surface area contributed by atoms with E-state index >= 15 is 0 Å². The molecule has 1 amide bonds. The van der Waals surface area contributed by atoms with Gasteiger partial charge in [0.1, 0.15) is 5.69 Å². The summed E-state index contributed by atoms with van der Waals surface area (Å²) in [7, 11) is 0. The molecular formula is C16H12N4O3. The molecule has 3 aromatic rings. The molecule has 23 heavy (non-hydrogen) atoms. The van der Waals surface area contributed by atoms with Gasteiger partial charge in [-0.15, -0.1) is 0 Å². The minimum atomic E-state index is -0.590. The van der Waals surface area contributed by atoms with E-state index in [9.17, 15) is 14.9 Å². The van der Waals surface area contributed by atoms with Gasteiger partial charge >= 0.3 is 0 Å². The van der Waals surface area contributed by atoms with E-state index in [0.717, 1.165) is 5.39 Å². The van der Waals surface area contributed by atoms with Crippen molar-refractivity contribution >= 4 is 28.2 Å². The maximum absolute atomic E-state index is 12.3. The summed E-state index contributed by atoms with van der Waals surface area (Å²) in [4.78, 5) is 31.2. The third-order valence-electron chi connectivity index (χ3n) is 3.35. The van der Waals surface area contributed by atoms with Crippen LogP contribution < -0.4 is 5.32 Å². The van der Waals surface area contributed by atoms with Crippen molar-refractivity contribution in [2.75, 3.05) is 5.32 Å². The molecule has 0 unspecified atom stereocenters. The highest BCUT2D eigenvalue weighted by Crippen LogP contribution is 2.23. The number of para-hydroxylation sites is 3. The average Bonchev–Trinajstić information content (AvgIpc) is 2.55. The lowest BCUT2D eigenvalue weighted by Crippen LogP contribution is -2.17. The van der Waals surface area contributed by atoms with Gasteiger partial charge in [0.05, 0.1) is 10.4 Å². The van der Waals surface area contributed by atoms with Crippen LogP contribution in [0.15, 0.2) is 48.5 Å². The number of hydrogen-bond donors (Lipinski definition) is 1. The number of anilines is 1. The minimum absolute atomic E-state index is 0.0284. The number of nitrogens with zero attached hydrogens (tertiary/aromatic N) is 3. The molecule has 0 radical (unpaired) electrons. The molecule has 0 saturated heterocycles. The number of hydrogen-bond acceptors (Lipinski definition) is 5. The summed E-state index contributed by atoms with van der Waals surface area (Å²) >= 11 is 0. The first-order valence-electron chi connectivity index (χ1n) is 6.84.